The fraction of sp³-hybridized carbons (Fsp3) is 0.333. The van der Waals surface area contributed by atoms with Gasteiger partial charge < -0.3 is 14.8 Å². The van der Waals surface area contributed by atoms with E-state index in [2.05, 4.69) is 26.0 Å². The van der Waals surface area contributed by atoms with Gasteiger partial charge in [0.1, 0.15) is 12.4 Å². The van der Waals surface area contributed by atoms with Gasteiger partial charge in [0.15, 0.2) is 6.04 Å². The smallest absolute Gasteiger partial charge is 0.331 e. The molecule has 0 aliphatic heterocycles. The van der Waals surface area contributed by atoms with E-state index in [1.165, 1.54) is 14.0 Å². The molecule has 5 nitrogen and oxygen atoms in total. The first-order chi connectivity index (χ1) is 8.52. The molecule has 6 heteroatoms. The first-order valence-corrected chi connectivity index (χ1v) is 6.05. The van der Waals surface area contributed by atoms with Crippen LogP contribution in [-0.4, -0.2) is 31.6 Å². The first-order valence-electron chi connectivity index (χ1n) is 5.26. The van der Waals surface area contributed by atoms with E-state index in [4.69, 9.17) is 4.74 Å². The summed E-state index contributed by atoms with van der Waals surface area (Å²) in [7, 11) is 1.26. The monoisotopic (exact) mass is 315 g/mol. The van der Waals surface area contributed by atoms with Crippen LogP contribution in [0.5, 0.6) is 5.75 Å². The van der Waals surface area contributed by atoms with E-state index in [1.807, 2.05) is 12.1 Å². The van der Waals surface area contributed by atoms with Crippen molar-refractivity contribution in [3.05, 3.63) is 28.7 Å². The van der Waals surface area contributed by atoms with Crippen molar-refractivity contribution in [1.82, 2.24) is 5.32 Å². The highest BCUT2D eigenvalue weighted by Gasteiger charge is 2.20. The van der Waals surface area contributed by atoms with Gasteiger partial charge in [-0.1, -0.05) is 22.0 Å². The van der Waals surface area contributed by atoms with Crippen LogP contribution < -0.4 is 10.1 Å². The second-order valence-corrected chi connectivity index (χ2v) is 4.46. The largest absolute Gasteiger partial charge is 0.491 e. The van der Waals surface area contributed by atoms with Gasteiger partial charge in [-0.05, 0) is 18.2 Å². The highest BCUT2D eigenvalue weighted by Crippen LogP contribution is 2.17. The van der Waals surface area contributed by atoms with Gasteiger partial charge in [-0.3, -0.25) is 4.79 Å². The lowest BCUT2D eigenvalue weighted by molar-refractivity contribution is -0.145. The molecule has 0 aromatic heterocycles. The topological polar surface area (TPSA) is 64.6 Å². The summed E-state index contributed by atoms with van der Waals surface area (Å²) >= 11 is 3.31. The van der Waals surface area contributed by atoms with Crippen LogP contribution in [0.3, 0.4) is 0 Å². The van der Waals surface area contributed by atoms with Crippen molar-refractivity contribution in [3.8, 4) is 5.75 Å². The molecule has 0 radical (unpaired) electrons. The fourth-order valence-corrected chi connectivity index (χ4v) is 1.67. The molecule has 1 aromatic carbocycles. The van der Waals surface area contributed by atoms with Crippen molar-refractivity contribution in [2.45, 2.75) is 13.0 Å². The number of carbonyl (C=O) groups is 2. The Balaban J connectivity index is 2.61. The third-order valence-corrected chi connectivity index (χ3v) is 2.57. The van der Waals surface area contributed by atoms with E-state index in [1.54, 1.807) is 12.1 Å². The van der Waals surface area contributed by atoms with Gasteiger partial charge in [-0.25, -0.2) is 4.79 Å². The summed E-state index contributed by atoms with van der Waals surface area (Å²) in [6, 6.07) is 6.38. The predicted octanol–water partition coefficient (Wildman–Crippen LogP) is 1.51. The lowest BCUT2D eigenvalue weighted by Crippen LogP contribution is -2.44. The van der Waals surface area contributed by atoms with E-state index >= 15 is 0 Å². The Hall–Kier alpha value is -1.56. The Morgan fingerprint density at radius 2 is 2.17 bits per heavy atom. The minimum atomic E-state index is -0.813. The standard InChI is InChI=1S/C12H14BrNO4/c1-8(15)14-11(12(16)17-2)7-18-10-5-3-4-9(13)6-10/h3-6,11H,7H2,1-2H3,(H,14,15). The number of ether oxygens (including phenoxy) is 2. The molecule has 0 fully saturated rings. The van der Waals surface area contributed by atoms with Gasteiger partial charge in [0.2, 0.25) is 5.91 Å². The molecule has 0 saturated heterocycles. The average Bonchev–Trinajstić information content (AvgIpc) is 2.33. The van der Waals surface area contributed by atoms with Crippen molar-refractivity contribution < 1.29 is 19.1 Å². The number of carbonyl (C=O) groups excluding carboxylic acids is 2. The summed E-state index contributed by atoms with van der Waals surface area (Å²) in [5, 5.41) is 2.47. The quantitative estimate of drug-likeness (QED) is 0.836. The van der Waals surface area contributed by atoms with Gasteiger partial charge in [-0.15, -0.1) is 0 Å². The van der Waals surface area contributed by atoms with Crippen LogP contribution in [0, 0.1) is 0 Å². The van der Waals surface area contributed by atoms with Crippen molar-refractivity contribution >= 4 is 27.8 Å². The molecule has 0 spiro atoms. The molecule has 0 bridgehead atoms. The Labute approximate surface area is 114 Å². The number of halogens is 1. The normalized spacial score (nSPS) is 11.5. The molecule has 1 aromatic rings. The van der Waals surface area contributed by atoms with E-state index in [0.29, 0.717) is 5.75 Å². The molecule has 1 atom stereocenters. The minimum absolute atomic E-state index is 0.0166. The minimum Gasteiger partial charge on any atom is -0.491 e. The number of rotatable bonds is 5. The molecule has 98 valence electrons. The van der Waals surface area contributed by atoms with Crippen molar-refractivity contribution in [3.63, 3.8) is 0 Å². The summed E-state index contributed by atoms with van der Waals surface area (Å²) in [6.45, 7) is 1.34. The summed E-state index contributed by atoms with van der Waals surface area (Å²) in [4.78, 5) is 22.4. The summed E-state index contributed by atoms with van der Waals surface area (Å²) in [6.07, 6.45) is 0. The van der Waals surface area contributed by atoms with Crippen molar-refractivity contribution in [1.29, 1.82) is 0 Å². The van der Waals surface area contributed by atoms with Crippen LogP contribution >= 0.6 is 15.9 Å². The zero-order valence-corrected chi connectivity index (χ0v) is 11.7. The van der Waals surface area contributed by atoms with Gasteiger partial charge >= 0.3 is 5.97 Å². The zero-order valence-electron chi connectivity index (χ0n) is 10.1. The van der Waals surface area contributed by atoms with Crippen LogP contribution in [-0.2, 0) is 14.3 Å². The fourth-order valence-electron chi connectivity index (χ4n) is 1.29. The molecule has 1 rings (SSSR count). The van der Waals surface area contributed by atoms with Crippen LogP contribution in [0.25, 0.3) is 0 Å². The molecule has 0 aliphatic carbocycles. The van der Waals surface area contributed by atoms with Crippen LogP contribution in [0.2, 0.25) is 0 Å². The Morgan fingerprint density at radius 1 is 1.44 bits per heavy atom. The van der Waals surface area contributed by atoms with Crippen LogP contribution in [0.15, 0.2) is 28.7 Å². The maximum absolute atomic E-state index is 11.4. The predicted molar refractivity (Wildman–Crippen MR) is 69.3 cm³/mol. The molecule has 0 saturated carbocycles. The number of amides is 1. The number of nitrogens with one attached hydrogen (secondary N) is 1. The van der Waals surface area contributed by atoms with E-state index in [-0.39, 0.29) is 12.5 Å². The van der Waals surface area contributed by atoms with Crippen molar-refractivity contribution in [2.75, 3.05) is 13.7 Å². The first kappa shape index (κ1) is 14.5. The van der Waals surface area contributed by atoms with Gasteiger partial charge in [0.25, 0.3) is 0 Å². The lowest BCUT2D eigenvalue weighted by atomic mass is 10.3. The van der Waals surface area contributed by atoms with Crippen LogP contribution in [0.4, 0.5) is 0 Å². The third kappa shape index (κ3) is 4.75. The second kappa shape index (κ2) is 7.00. The van der Waals surface area contributed by atoms with E-state index < -0.39 is 12.0 Å². The molecule has 0 heterocycles. The second-order valence-electron chi connectivity index (χ2n) is 3.54. The summed E-state index contributed by atoms with van der Waals surface area (Å²) in [5.41, 5.74) is 0. The Kier molecular flexibility index (Phi) is 5.64. The van der Waals surface area contributed by atoms with E-state index in [0.717, 1.165) is 4.47 Å². The summed E-state index contributed by atoms with van der Waals surface area (Å²) < 4.78 is 10.9. The number of methoxy groups -OCH3 is 1. The number of esters is 1. The average molecular weight is 316 g/mol. The lowest BCUT2D eigenvalue weighted by Gasteiger charge is -2.16. The van der Waals surface area contributed by atoms with Gasteiger partial charge in [0.05, 0.1) is 7.11 Å². The maximum atomic E-state index is 11.4. The number of hydrogen-bond acceptors (Lipinski definition) is 4. The molecule has 1 N–H and O–H groups in total. The highest BCUT2D eigenvalue weighted by atomic mass is 79.9. The van der Waals surface area contributed by atoms with Crippen molar-refractivity contribution in [2.24, 2.45) is 0 Å². The summed E-state index contributed by atoms with van der Waals surface area (Å²) in [5.74, 6) is -0.257. The van der Waals surface area contributed by atoms with Gasteiger partial charge in [0, 0.05) is 11.4 Å². The molecular weight excluding hydrogens is 302 g/mol. The third-order valence-electron chi connectivity index (χ3n) is 2.08. The molecule has 1 amide bonds. The SMILES string of the molecule is COC(=O)C(COc1cccc(Br)c1)NC(C)=O. The molecular formula is C12H14BrNO4. The molecule has 0 aliphatic rings. The highest BCUT2D eigenvalue weighted by molar-refractivity contribution is 9.10. The zero-order chi connectivity index (χ0) is 13.5. The Morgan fingerprint density at radius 3 is 2.72 bits per heavy atom. The van der Waals surface area contributed by atoms with E-state index in [9.17, 15) is 9.59 Å². The van der Waals surface area contributed by atoms with Crippen LogP contribution in [0.1, 0.15) is 6.92 Å². The maximum Gasteiger partial charge on any atom is 0.331 e. The number of benzene rings is 1. The Bertz CT molecular complexity index is 436. The molecule has 1 unspecified atom stereocenters. The van der Waals surface area contributed by atoms with Gasteiger partial charge in [-0.2, -0.15) is 0 Å². The molecule has 18 heavy (non-hydrogen) atoms. The number of hydrogen-bond donors (Lipinski definition) is 1.